The molecule has 3 rings (SSSR count). The van der Waals surface area contributed by atoms with Crippen LogP contribution in [0.4, 0.5) is 11.4 Å². The third kappa shape index (κ3) is 5.07. The molecule has 142 valence electrons. The molecule has 0 radical (unpaired) electrons. The summed E-state index contributed by atoms with van der Waals surface area (Å²) < 4.78 is 5.17. The van der Waals surface area contributed by atoms with Crippen LogP contribution in [0, 0.1) is 0 Å². The van der Waals surface area contributed by atoms with Crippen LogP contribution >= 0.6 is 0 Å². The smallest absolute Gasteiger partial charge is 0.255 e. The van der Waals surface area contributed by atoms with Gasteiger partial charge in [-0.1, -0.05) is 6.07 Å². The second-order valence-electron chi connectivity index (χ2n) is 6.06. The summed E-state index contributed by atoms with van der Waals surface area (Å²) in [5, 5.41) is 8.16. The van der Waals surface area contributed by atoms with E-state index in [1.165, 1.54) is 6.92 Å². The third-order valence-corrected chi connectivity index (χ3v) is 3.85. The number of hydrogen-bond donors (Lipinski definition) is 3. The van der Waals surface area contributed by atoms with Gasteiger partial charge < -0.3 is 20.4 Å². The summed E-state index contributed by atoms with van der Waals surface area (Å²) in [4.78, 5) is 35.7. The Balaban J connectivity index is 1.60. The minimum Gasteiger partial charge on any atom is -0.467 e. The maximum atomic E-state index is 12.4. The van der Waals surface area contributed by atoms with Crippen molar-refractivity contribution in [2.24, 2.45) is 0 Å². The highest BCUT2D eigenvalue weighted by molar-refractivity contribution is 6.05. The van der Waals surface area contributed by atoms with Crippen LogP contribution in [0.15, 0.2) is 71.3 Å². The molecule has 0 aliphatic heterocycles. The van der Waals surface area contributed by atoms with E-state index in [9.17, 15) is 14.4 Å². The SMILES string of the molecule is CC(=O)Nc1cccc(NC(=O)c2ccc(C(=O)NCc3ccco3)cc2)c1. The van der Waals surface area contributed by atoms with Crippen LogP contribution in [0.3, 0.4) is 0 Å². The zero-order chi connectivity index (χ0) is 19.9. The monoisotopic (exact) mass is 377 g/mol. The molecule has 7 nitrogen and oxygen atoms in total. The number of rotatable bonds is 6. The summed E-state index contributed by atoms with van der Waals surface area (Å²) in [7, 11) is 0. The van der Waals surface area contributed by atoms with Crippen LogP contribution < -0.4 is 16.0 Å². The first-order chi connectivity index (χ1) is 13.5. The normalized spacial score (nSPS) is 10.2. The molecule has 0 aliphatic carbocycles. The van der Waals surface area contributed by atoms with Gasteiger partial charge in [0.1, 0.15) is 5.76 Å². The average molecular weight is 377 g/mol. The lowest BCUT2D eigenvalue weighted by Crippen LogP contribution is -2.22. The maximum Gasteiger partial charge on any atom is 0.255 e. The summed E-state index contributed by atoms with van der Waals surface area (Å²) in [6.07, 6.45) is 1.54. The number of nitrogens with one attached hydrogen (secondary N) is 3. The maximum absolute atomic E-state index is 12.4. The number of benzene rings is 2. The van der Waals surface area contributed by atoms with Crippen molar-refractivity contribution in [3.63, 3.8) is 0 Å². The zero-order valence-electron chi connectivity index (χ0n) is 15.2. The lowest BCUT2D eigenvalue weighted by Gasteiger charge is -2.08. The molecule has 0 fully saturated rings. The number of anilines is 2. The fraction of sp³-hybridized carbons (Fsp3) is 0.0952. The Morgan fingerprint density at radius 3 is 2.07 bits per heavy atom. The summed E-state index contributed by atoms with van der Waals surface area (Å²) in [6.45, 7) is 1.70. The van der Waals surface area contributed by atoms with Gasteiger partial charge in [-0.15, -0.1) is 0 Å². The van der Waals surface area contributed by atoms with E-state index in [2.05, 4.69) is 16.0 Å². The third-order valence-electron chi connectivity index (χ3n) is 3.85. The molecular weight excluding hydrogens is 358 g/mol. The fourth-order valence-electron chi connectivity index (χ4n) is 2.54. The number of carbonyl (C=O) groups is 3. The molecule has 0 saturated carbocycles. The molecule has 0 saturated heterocycles. The van der Waals surface area contributed by atoms with Gasteiger partial charge in [0.05, 0.1) is 12.8 Å². The predicted molar refractivity (Wildman–Crippen MR) is 105 cm³/mol. The molecule has 0 unspecified atom stereocenters. The molecule has 0 spiro atoms. The largest absolute Gasteiger partial charge is 0.467 e. The van der Waals surface area contributed by atoms with E-state index in [1.54, 1.807) is 66.9 Å². The summed E-state index contributed by atoms with van der Waals surface area (Å²) in [5.41, 5.74) is 1.99. The van der Waals surface area contributed by atoms with E-state index in [4.69, 9.17) is 4.42 Å². The molecule has 3 aromatic rings. The number of amides is 3. The first-order valence-corrected chi connectivity index (χ1v) is 8.61. The van der Waals surface area contributed by atoms with Crippen molar-refractivity contribution in [3.8, 4) is 0 Å². The highest BCUT2D eigenvalue weighted by atomic mass is 16.3. The molecule has 28 heavy (non-hydrogen) atoms. The summed E-state index contributed by atoms with van der Waals surface area (Å²) in [5.74, 6) is -0.107. The van der Waals surface area contributed by atoms with Crippen LogP contribution in [0.5, 0.6) is 0 Å². The molecule has 1 aromatic heterocycles. The minimum atomic E-state index is -0.317. The Labute approximate surface area is 161 Å². The fourth-order valence-corrected chi connectivity index (χ4v) is 2.54. The zero-order valence-corrected chi connectivity index (χ0v) is 15.2. The standard InChI is InChI=1S/C21H19N3O4/c1-14(25)23-17-4-2-5-18(12-17)24-21(27)16-9-7-15(8-10-16)20(26)22-13-19-6-3-11-28-19/h2-12H,13H2,1H3,(H,22,26)(H,23,25)(H,24,27). The molecule has 1 heterocycles. The van der Waals surface area contributed by atoms with Crippen molar-refractivity contribution in [3.05, 3.63) is 83.8 Å². The lowest BCUT2D eigenvalue weighted by atomic mass is 10.1. The van der Waals surface area contributed by atoms with E-state index in [0.29, 0.717) is 34.8 Å². The molecule has 7 heteroatoms. The van der Waals surface area contributed by atoms with E-state index >= 15 is 0 Å². The van der Waals surface area contributed by atoms with Crippen molar-refractivity contribution in [2.75, 3.05) is 10.6 Å². The molecule has 3 amide bonds. The Morgan fingerprint density at radius 1 is 0.821 bits per heavy atom. The van der Waals surface area contributed by atoms with Gasteiger partial charge in [0.2, 0.25) is 5.91 Å². The van der Waals surface area contributed by atoms with Crippen LogP contribution in [0.2, 0.25) is 0 Å². The summed E-state index contributed by atoms with van der Waals surface area (Å²) >= 11 is 0. The number of carbonyl (C=O) groups excluding carboxylic acids is 3. The topological polar surface area (TPSA) is 100 Å². The molecule has 2 aromatic carbocycles. The number of furan rings is 1. The molecule has 0 atom stereocenters. The van der Waals surface area contributed by atoms with E-state index < -0.39 is 0 Å². The van der Waals surface area contributed by atoms with Gasteiger partial charge in [0.25, 0.3) is 11.8 Å². The summed E-state index contributed by atoms with van der Waals surface area (Å²) in [6, 6.07) is 16.7. The quantitative estimate of drug-likeness (QED) is 0.613. The van der Waals surface area contributed by atoms with Gasteiger partial charge in [-0.3, -0.25) is 14.4 Å². The van der Waals surface area contributed by atoms with Gasteiger partial charge in [-0.2, -0.15) is 0 Å². The van der Waals surface area contributed by atoms with E-state index in [0.717, 1.165) is 0 Å². The van der Waals surface area contributed by atoms with Crippen molar-refractivity contribution < 1.29 is 18.8 Å². The second kappa shape index (κ2) is 8.68. The molecular formula is C21H19N3O4. The van der Waals surface area contributed by atoms with Gasteiger partial charge in [-0.25, -0.2) is 0 Å². The molecule has 0 bridgehead atoms. The Hall–Kier alpha value is -3.87. The Kier molecular flexibility index (Phi) is 5.86. The van der Waals surface area contributed by atoms with Gasteiger partial charge in [0.15, 0.2) is 0 Å². The van der Waals surface area contributed by atoms with Crippen molar-refractivity contribution in [2.45, 2.75) is 13.5 Å². The van der Waals surface area contributed by atoms with Gasteiger partial charge in [0, 0.05) is 29.4 Å². The first kappa shape index (κ1) is 18.9. The van der Waals surface area contributed by atoms with Crippen LogP contribution in [-0.2, 0) is 11.3 Å². The van der Waals surface area contributed by atoms with Crippen LogP contribution in [0.25, 0.3) is 0 Å². The minimum absolute atomic E-state index is 0.190. The van der Waals surface area contributed by atoms with Crippen LogP contribution in [-0.4, -0.2) is 17.7 Å². The average Bonchev–Trinajstić information content (AvgIpc) is 3.19. The lowest BCUT2D eigenvalue weighted by molar-refractivity contribution is -0.114. The molecule has 3 N–H and O–H groups in total. The predicted octanol–water partition coefficient (Wildman–Crippen LogP) is 3.42. The highest BCUT2D eigenvalue weighted by Gasteiger charge is 2.10. The van der Waals surface area contributed by atoms with Crippen LogP contribution in [0.1, 0.15) is 33.4 Å². The van der Waals surface area contributed by atoms with Gasteiger partial charge >= 0.3 is 0 Å². The second-order valence-corrected chi connectivity index (χ2v) is 6.06. The Morgan fingerprint density at radius 2 is 1.46 bits per heavy atom. The van der Waals surface area contributed by atoms with Crippen molar-refractivity contribution >= 4 is 29.1 Å². The van der Waals surface area contributed by atoms with E-state index in [1.807, 2.05) is 0 Å². The number of hydrogen-bond acceptors (Lipinski definition) is 4. The molecule has 0 aliphatic rings. The van der Waals surface area contributed by atoms with E-state index in [-0.39, 0.29) is 17.7 Å². The van der Waals surface area contributed by atoms with Crippen molar-refractivity contribution in [1.82, 2.24) is 5.32 Å². The Bertz CT molecular complexity index is 979. The van der Waals surface area contributed by atoms with Crippen molar-refractivity contribution in [1.29, 1.82) is 0 Å². The first-order valence-electron chi connectivity index (χ1n) is 8.61. The highest BCUT2D eigenvalue weighted by Crippen LogP contribution is 2.16. The van der Waals surface area contributed by atoms with Gasteiger partial charge in [-0.05, 0) is 54.6 Å².